The molecule has 1 atom stereocenters. The van der Waals surface area contributed by atoms with Crippen LogP contribution in [-0.4, -0.2) is 53.6 Å². The number of aromatic nitrogens is 6. The second-order valence-electron chi connectivity index (χ2n) is 7.37. The van der Waals surface area contributed by atoms with Gasteiger partial charge in [-0.2, -0.15) is 5.10 Å². The fourth-order valence-electron chi connectivity index (χ4n) is 3.52. The maximum atomic E-state index is 12.7. The minimum absolute atomic E-state index is 0.00545. The smallest absolute Gasteiger partial charge is 0.246 e. The maximum absolute atomic E-state index is 12.7. The van der Waals surface area contributed by atoms with Crippen molar-refractivity contribution in [3.05, 3.63) is 60.2 Å². The summed E-state index contributed by atoms with van der Waals surface area (Å²) in [5.74, 6) is 2.14. The molecule has 1 fully saturated rings. The zero-order chi connectivity index (χ0) is 20.9. The minimum Gasteiger partial charge on any atom is -0.338 e. The van der Waals surface area contributed by atoms with Crippen molar-refractivity contribution in [3.8, 4) is 0 Å². The number of piperidine rings is 1. The van der Waals surface area contributed by atoms with Crippen LogP contribution in [0.15, 0.2) is 43.1 Å². The van der Waals surface area contributed by atoms with Crippen LogP contribution >= 0.6 is 0 Å². The molecule has 4 rings (SSSR count). The molecular weight excluding hydrogens is 380 g/mol. The molecule has 154 valence electrons. The van der Waals surface area contributed by atoms with Crippen LogP contribution in [0.4, 0.5) is 11.6 Å². The summed E-state index contributed by atoms with van der Waals surface area (Å²) >= 11 is 0. The van der Waals surface area contributed by atoms with Crippen molar-refractivity contribution < 1.29 is 4.79 Å². The average Bonchev–Trinajstić information content (AvgIpc) is 3.17. The van der Waals surface area contributed by atoms with Gasteiger partial charge >= 0.3 is 0 Å². The van der Waals surface area contributed by atoms with Crippen LogP contribution in [0.2, 0.25) is 0 Å². The SMILES string of the molecule is Cc1cc(Nc2cnccn2)nc(C2CCCN(C(=O)/C=C/c3cnn(C)c3)C2)n1. The van der Waals surface area contributed by atoms with E-state index in [1.807, 2.05) is 31.1 Å². The van der Waals surface area contributed by atoms with E-state index in [9.17, 15) is 4.79 Å². The predicted molar refractivity (Wildman–Crippen MR) is 113 cm³/mol. The van der Waals surface area contributed by atoms with Gasteiger partial charge in [0, 0.05) is 68.0 Å². The summed E-state index contributed by atoms with van der Waals surface area (Å²) in [4.78, 5) is 32.1. The van der Waals surface area contributed by atoms with E-state index < -0.39 is 0 Å². The van der Waals surface area contributed by atoms with E-state index in [-0.39, 0.29) is 11.8 Å². The molecule has 0 aliphatic carbocycles. The first-order chi connectivity index (χ1) is 14.6. The molecule has 1 unspecified atom stereocenters. The molecule has 1 aliphatic rings. The van der Waals surface area contributed by atoms with Crippen molar-refractivity contribution in [2.45, 2.75) is 25.7 Å². The number of nitrogens with one attached hydrogen (secondary N) is 1. The van der Waals surface area contributed by atoms with Crippen LogP contribution in [0.25, 0.3) is 6.08 Å². The van der Waals surface area contributed by atoms with Gasteiger partial charge in [0.2, 0.25) is 5.91 Å². The molecule has 3 aromatic rings. The van der Waals surface area contributed by atoms with Crippen LogP contribution in [-0.2, 0) is 11.8 Å². The highest BCUT2D eigenvalue weighted by Crippen LogP contribution is 2.26. The molecule has 0 bridgehead atoms. The van der Waals surface area contributed by atoms with Gasteiger partial charge < -0.3 is 10.2 Å². The average molecular weight is 404 g/mol. The van der Waals surface area contributed by atoms with Gasteiger partial charge in [-0.1, -0.05) is 0 Å². The Hall–Kier alpha value is -3.62. The van der Waals surface area contributed by atoms with Crippen LogP contribution in [0.3, 0.4) is 0 Å². The first-order valence-corrected chi connectivity index (χ1v) is 9.91. The van der Waals surface area contributed by atoms with Gasteiger partial charge in [0.15, 0.2) is 0 Å². The van der Waals surface area contributed by atoms with E-state index in [2.05, 4.69) is 30.4 Å². The maximum Gasteiger partial charge on any atom is 0.246 e. The van der Waals surface area contributed by atoms with E-state index in [1.165, 1.54) is 0 Å². The third-order valence-corrected chi connectivity index (χ3v) is 4.93. The van der Waals surface area contributed by atoms with E-state index in [1.54, 1.807) is 41.6 Å². The fourth-order valence-corrected chi connectivity index (χ4v) is 3.52. The van der Waals surface area contributed by atoms with Gasteiger partial charge in [0.1, 0.15) is 17.5 Å². The highest BCUT2D eigenvalue weighted by molar-refractivity contribution is 5.91. The highest BCUT2D eigenvalue weighted by Gasteiger charge is 2.26. The molecular formula is C21H24N8O. The van der Waals surface area contributed by atoms with Crippen LogP contribution in [0.5, 0.6) is 0 Å². The van der Waals surface area contributed by atoms with Gasteiger partial charge in [0.05, 0.1) is 12.4 Å². The van der Waals surface area contributed by atoms with Gasteiger partial charge in [0.25, 0.3) is 0 Å². The van der Waals surface area contributed by atoms with Gasteiger partial charge in [-0.05, 0) is 25.8 Å². The molecule has 1 saturated heterocycles. The molecule has 0 spiro atoms. The number of amides is 1. The Bertz CT molecular complexity index is 1050. The van der Waals surface area contributed by atoms with Crippen LogP contribution in [0.1, 0.15) is 35.8 Å². The van der Waals surface area contributed by atoms with Gasteiger partial charge in [-0.25, -0.2) is 15.0 Å². The molecule has 0 saturated carbocycles. The van der Waals surface area contributed by atoms with E-state index >= 15 is 0 Å². The number of rotatable bonds is 5. The third-order valence-electron chi connectivity index (χ3n) is 4.93. The first-order valence-electron chi connectivity index (χ1n) is 9.91. The number of aryl methyl sites for hydroxylation is 2. The third kappa shape index (κ3) is 4.86. The summed E-state index contributed by atoms with van der Waals surface area (Å²) in [5.41, 5.74) is 1.77. The zero-order valence-electron chi connectivity index (χ0n) is 17.1. The zero-order valence-corrected chi connectivity index (χ0v) is 17.1. The predicted octanol–water partition coefficient (Wildman–Crippen LogP) is 2.47. The second-order valence-corrected chi connectivity index (χ2v) is 7.37. The Morgan fingerprint density at radius 3 is 2.90 bits per heavy atom. The lowest BCUT2D eigenvalue weighted by molar-refractivity contribution is -0.127. The van der Waals surface area contributed by atoms with Crippen molar-refractivity contribution in [1.29, 1.82) is 0 Å². The van der Waals surface area contributed by atoms with E-state index in [0.29, 0.717) is 18.2 Å². The fraction of sp³-hybridized carbons (Fsp3) is 0.333. The van der Waals surface area contributed by atoms with Crippen molar-refractivity contribution in [3.63, 3.8) is 0 Å². The number of hydrogen-bond donors (Lipinski definition) is 1. The summed E-state index contributed by atoms with van der Waals surface area (Å²) in [6, 6.07) is 1.88. The molecule has 3 aromatic heterocycles. The summed E-state index contributed by atoms with van der Waals surface area (Å²) < 4.78 is 1.71. The Balaban J connectivity index is 1.46. The number of likely N-dealkylation sites (tertiary alicyclic amines) is 1. The number of carbonyl (C=O) groups is 1. The van der Waals surface area contributed by atoms with Crippen molar-refractivity contribution in [2.75, 3.05) is 18.4 Å². The molecule has 1 aliphatic heterocycles. The number of nitrogens with zero attached hydrogens (tertiary/aromatic N) is 7. The number of hydrogen-bond acceptors (Lipinski definition) is 7. The summed E-state index contributed by atoms with van der Waals surface area (Å²) in [5, 5.41) is 7.29. The van der Waals surface area contributed by atoms with Crippen molar-refractivity contribution >= 4 is 23.6 Å². The van der Waals surface area contributed by atoms with Crippen LogP contribution in [0, 0.1) is 6.92 Å². The number of carbonyl (C=O) groups excluding carboxylic acids is 1. The molecule has 0 radical (unpaired) electrons. The number of anilines is 2. The summed E-state index contributed by atoms with van der Waals surface area (Å²) in [7, 11) is 1.85. The van der Waals surface area contributed by atoms with Gasteiger partial charge in [-0.3, -0.25) is 14.5 Å². The Morgan fingerprint density at radius 2 is 2.13 bits per heavy atom. The molecule has 30 heavy (non-hydrogen) atoms. The highest BCUT2D eigenvalue weighted by atomic mass is 16.2. The largest absolute Gasteiger partial charge is 0.338 e. The van der Waals surface area contributed by atoms with Gasteiger partial charge in [-0.15, -0.1) is 0 Å². The topological polar surface area (TPSA) is 102 Å². The first kappa shape index (κ1) is 19.7. The summed E-state index contributed by atoms with van der Waals surface area (Å²) in [6.45, 7) is 3.28. The standard InChI is InChI=1S/C21H24N8O/c1-15-10-18(26-19-12-22-7-8-23-19)27-21(25-15)17-4-3-9-29(14-17)20(30)6-5-16-11-24-28(2)13-16/h5-8,10-13,17H,3-4,9,14H2,1-2H3,(H,23,25,26,27)/b6-5+. The minimum atomic E-state index is -0.00545. The Labute approximate surface area is 174 Å². The molecule has 0 aromatic carbocycles. The Morgan fingerprint density at radius 1 is 1.23 bits per heavy atom. The molecule has 9 nitrogen and oxygen atoms in total. The molecule has 1 N–H and O–H groups in total. The lowest BCUT2D eigenvalue weighted by atomic mass is 9.97. The second kappa shape index (κ2) is 8.81. The molecule has 1 amide bonds. The quantitative estimate of drug-likeness (QED) is 0.652. The Kier molecular flexibility index (Phi) is 5.78. The van der Waals surface area contributed by atoms with Crippen LogP contribution < -0.4 is 5.32 Å². The lowest BCUT2D eigenvalue weighted by Crippen LogP contribution is -2.38. The molecule has 9 heteroatoms. The van der Waals surface area contributed by atoms with E-state index in [4.69, 9.17) is 0 Å². The van der Waals surface area contributed by atoms with Crippen molar-refractivity contribution in [1.82, 2.24) is 34.6 Å². The summed E-state index contributed by atoms with van der Waals surface area (Å²) in [6.07, 6.45) is 13.8. The van der Waals surface area contributed by atoms with E-state index in [0.717, 1.165) is 36.5 Å². The lowest BCUT2D eigenvalue weighted by Gasteiger charge is -2.31. The normalized spacial score (nSPS) is 16.7. The monoisotopic (exact) mass is 404 g/mol. The molecule has 4 heterocycles. The van der Waals surface area contributed by atoms with Crippen molar-refractivity contribution in [2.24, 2.45) is 7.05 Å².